The highest BCUT2D eigenvalue weighted by Gasteiger charge is 2.11. The number of aromatic nitrogens is 5. The van der Waals surface area contributed by atoms with Crippen molar-refractivity contribution in [2.45, 2.75) is 19.9 Å². The lowest BCUT2D eigenvalue weighted by atomic mass is 10.2. The van der Waals surface area contributed by atoms with E-state index in [1.807, 2.05) is 53.4 Å². The molecule has 27 heavy (non-hydrogen) atoms. The van der Waals surface area contributed by atoms with Crippen molar-refractivity contribution in [2.75, 3.05) is 5.32 Å². The summed E-state index contributed by atoms with van der Waals surface area (Å²) in [5, 5.41) is 22.0. The van der Waals surface area contributed by atoms with E-state index in [2.05, 4.69) is 25.7 Å². The second kappa shape index (κ2) is 7.77. The van der Waals surface area contributed by atoms with Crippen molar-refractivity contribution in [1.82, 2.24) is 25.2 Å². The second-order valence-corrected chi connectivity index (χ2v) is 7.70. The molecule has 0 bridgehead atoms. The monoisotopic (exact) mass is 396 g/mol. The van der Waals surface area contributed by atoms with Crippen LogP contribution in [0.25, 0.3) is 11.4 Å². The molecule has 3 heterocycles. The molecule has 1 aromatic carbocycles. The predicted octanol–water partition coefficient (Wildman–Crippen LogP) is 3.40. The fourth-order valence-corrected chi connectivity index (χ4v) is 3.86. The van der Waals surface area contributed by atoms with Gasteiger partial charge >= 0.3 is 0 Å². The van der Waals surface area contributed by atoms with Crippen molar-refractivity contribution >= 4 is 34.3 Å². The zero-order valence-corrected chi connectivity index (χ0v) is 16.1. The van der Waals surface area contributed by atoms with Crippen LogP contribution in [0.1, 0.15) is 16.3 Å². The number of amides is 1. The molecule has 0 unspecified atom stereocenters. The summed E-state index contributed by atoms with van der Waals surface area (Å²) in [7, 11) is 0. The number of rotatable bonds is 6. The van der Waals surface area contributed by atoms with Crippen molar-refractivity contribution < 1.29 is 4.79 Å². The van der Waals surface area contributed by atoms with Gasteiger partial charge in [-0.1, -0.05) is 17.7 Å². The summed E-state index contributed by atoms with van der Waals surface area (Å²) in [5.74, 6) is 0.516. The molecule has 7 nitrogen and oxygen atoms in total. The first kappa shape index (κ1) is 17.5. The quantitative estimate of drug-likeness (QED) is 0.540. The van der Waals surface area contributed by atoms with Gasteiger partial charge in [-0.25, -0.2) is 4.98 Å². The summed E-state index contributed by atoms with van der Waals surface area (Å²) in [6.45, 7) is 2.43. The van der Waals surface area contributed by atoms with E-state index in [1.54, 1.807) is 11.3 Å². The Balaban J connectivity index is 1.35. The normalized spacial score (nSPS) is 10.9. The Bertz CT molecular complexity index is 1040. The van der Waals surface area contributed by atoms with Gasteiger partial charge in [0.05, 0.1) is 12.1 Å². The minimum atomic E-state index is -0.0848. The summed E-state index contributed by atoms with van der Waals surface area (Å²) in [6.07, 6.45) is 0.240. The highest BCUT2D eigenvalue weighted by atomic mass is 32.1. The Kier molecular flexibility index (Phi) is 5.03. The van der Waals surface area contributed by atoms with E-state index in [1.165, 1.54) is 16.1 Å². The summed E-state index contributed by atoms with van der Waals surface area (Å²) in [5.41, 5.74) is 3.71. The number of nitrogens with one attached hydrogen (secondary N) is 1. The highest BCUT2D eigenvalue weighted by Crippen LogP contribution is 2.17. The first-order chi connectivity index (χ1) is 13.2. The molecule has 0 atom stereocenters. The SMILES string of the molecule is Cc1ccc(NC(=O)Cc2nc(Cn3nnc(-c4ccsc4)n3)cs2)cc1. The van der Waals surface area contributed by atoms with Crippen LogP contribution in [0.5, 0.6) is 0 Å². The van der Waals surface area contributed by atoms with Crippen molar-refractivity contribution in [3.05, 3.63) is 62.7 Å². The number of nitrogens with zero attached hydrogens (tertiary/aromatic N) is 5. The number of aryl methyl sites for hydroxylation is 1. The Morgan fingerprint density at radius 2 is 2.04 bits per heavy atom. The molecule has 0 radical (unpaired) electrons. The molecule has 1 amide bonds. The van der Waals surface area contributed by atoms with E-state index in [9.17, 15) is 4.79 Å². The number of carbonyl (C=O) groups excluding carboxylic acids is 1. The van der Waals surface area contributed by atoms with Gasteiger partial charge in [0.2, 0.25) is 11.7 Å². The smallest absolute Gasteiger partial charge is 0.231 e. The Labute approximate surface area is 163 Å². The number of tetrazole rings is 1. The van der Waals surface area contributed by atoms with Gasteiger partial charge < -0.3 is 5.32 Å². The van der Waals surface area contributed by atoms with Crippen LogP contribution in [0.15, 0.2) is 46.5 Å². The van der Waals surface area contributed by atoms with E-state index in [-0.39, 0.29) is 12.3 Å². The van der Waals surface area contributed by atoms with Crippen LogP contribution in [0.3, 0.4) is 0 Å². The van der Waals surface area contributed by atoms with Gasteiger partial charge in [-0.05, 0) is 35.7 Å². The fraction of sp³-hybridized carbons (Fsp3) is 0.167. The fourth-order valence-electron chi connectivity index (χ4n) is 2.44. The Morgan fingerprint density at radius 1 is 1.19 bits per heavy atom. The molecule has 4 aromatic rings. The standard InChI is InChI=1S/C18H16N6OS2/c1-12-2-4-14(5-3-12)19-16(25)8-17-20-15(11-27-17)9-24-22-18(21-23-24)13-6-7-26-10-13/h2-7,10-11H,8-9H2,1H3,(H,19,25). The van der Waals surface area contributed by atoms with Gasteiger partial charge in [0, 0.05) is 22.0 Å². The van der Waals surface area contributed by atoms with Crippen molar-refractivity contribution in [3.8, 4) is 11.4 Å². The number of carbonyl (C=O) groups is 1. The molecule has 1 N–H and O–H groups in total. The molecule has 136 valence electrons. The minimum Gasteiger partial charge on any atom is -0.326 e. The predicted molar refractivity (Wildman–Crippen MR) is 106 cm³/mol. The second-order valence-electron chi connectivity index (χ2n) is 5.98. The van der Waals surface area contributed by atoms with Crippen molar-refractivity contribution in [1.29, 1.82) is 0 Å². The Morgan fingerprint density at radius 3 is 2.81 bits per heavy atom. The molecule has 9 heteroatoms. The van der Waals surface area contributed by atoms with Crippen molar-refractivity contribution in [2.24, 2.45) is 0 Å². The summed E-state index contributed by atoms with van der Waals surface area (Å²) in [6, 6.07) is 9.67. The van der Waals surface area contributed by atoms with Gasteiger partial charge in [-0.2, -0.15) is 16.1 Å². The largest absolute Gasteiger partial charge is 0.326 e. The summed E-state index contributed by atoms with van der Waals surface area (Å²) >= 11 is 3.05. The molecular formula is C18H16N6OS2. The molecule has 3 aromatic heterocycles. The summed E-state index contributed by atoms with van der Waals surface area (Å²) in [4.78, 5) is 18.2. The lowest BCUT2D eigenvalue weighted by Gasteiger charge is -2.04. The third kappa shape index (κ3) is 4.44. The van der Waals surface area contributed by atoms with Gasteiger partial charge in [0.25, 0.3) is 0 Å². The minimum absolute atomic E-state index is 0.0848. The zero-order valence-electron chi connectivity index (χ0n) is 14.5. The lowest BCUT2D eigenvalue weighted by Crippen LogP contribution is -2.14. The first-order valence-electron chi connectivity index (χ1n) is 8.26. The molecular weight excluding hydrogens is 380 g/mol. The van der Waals surface area contributed by atoms with Crippen LogP contribution < -0.4 is 5.32 Å². The number of thiazole rings is 1. The lowest BCUT2D eigenvalue weighted by molar-refractivity contribution is -0.115. The van der Waals surface area contributed by atoms with Crippen LogP contribution in [0, 0.1) is 6.92 Å². The van der Waals surface area contributed by atoms with Gasteiger partial charge in [0.1, 0.15) is 11.6 Å². The third-order valence-electron chi connectivity index (χ3n) is 3.78. The topological polar surface area (TPSA) is 85.6 Å². The van der Waals surface area contributed by atoms with Crippen LogP contribution >= 0.6 is 22.7 Å². The van der Waals surface area contributed by atoms with E-state index in [0.29, 0.717) is 12.4 Å². The molecule has 0 spiro atoms. The molecule has 0 saturated heterocycles. The van der Waals surface area contributed by atoms with Gasteiger partial charge in [-0.15, -0.1) is 21.5 Å². The molecule has 0 saturated carbocycles. The summed E-state index contributed by atoms with van der Waals surface area (Å²) < 4.78 is 0. The maximum atomic E-state index is 12.2. The number of hydrogen-bond donors (Lipinski definition) is 1. The Hall–Kier alpha value is -2.91. The maximum absolute atomic E-state index is 12.2. The van der Waals surface area contributed by atoms with Crippen LogP contribution in [-0.2, 0) is 17.8 Å². The number of anilines is 1. The van der Waals surface area contributed by atoms with Crippen LogP contribution in [-0.4, -0.2) is 31.1 Å². The molecule has 0 aliphatic carbocycles. The van der Waals surface area contributed by atoms with Gasteiger partial charge in [-0.3, -0.25) is 4.79 Å². The van der Waals surface area contributed by atoms with Gasteiger partial charge in [0.15, 0.2) is 0 Å². The van der Waals surface area contributed by atoms with E-state index in [4.69, 9.17) is 0 Å². The number of thiophene rings is 1. The molecule has 0 aliphatic heterocycles. The molecule has 4 rings (SSSR count). The zero-order chi connectivity index (χ0) is 18.6. The number of hydrogen-bond acceptors (Lipinski definition) is 7. The average Bonchev–Trinajstić information content (AvgIpc) is 3.39. The van der Waals surface area contributed by atoms with Crippen LogP contribution in [0.4, 0.5) is 5.69 Å². The first-order valence-corrected chi connectivity index (χ1v) is 10.1. The number of benzene rings is 1. The van der Waals surface area contributed by atoms with E-state index >= 15 is 0 Å². The van der Waals surface area contributed by atoms with Crippen molar-refractivity contribution in [3.63, 3.8) is 0 Å². The van der Waals surface area contributed by atoms with E-state index < -0.39 is 0 Å². The maximum Gasteiger partial charge on any atom is 0.231 e. The average molecular weight is 397 g/mol. The molecule has 0 aliphatic rings. The highest BCUT2D eigenvalue weighted by molar-refractivity contribution is 7.09. The molecule has 0 fully saturated rings. The van der Waals surface area contributed by atoms with Crippen LogP contribution in [0.2, 0.25) is 0 Å². The van der Waals surface area contributed by atoms with E-state index in [0.717, 1.165) is 27.5 Å². The third-order valence-corrected chi connectivity index (χ3v) is 5.36.